The molecule has 8 rings (SSSR count). The first-order valence-corrected chi connectivity index (χ1v) is 18.6. The van der Waals surface area contributed by atoms with Gasteiger partial charge in [-0.15, -0.1) is 0 Å². The molecule has 0 bridgehead atoms. The SMILES string of the molecule is CC.CC.CC.CC.Cc1cccc(-c2ccc(-c3c4ccccc4cc4c(C)cccc34)c3ccccc23)c1.c1ccc2ccccc2c1. The number of hydrogen-bond acceptors (Lipinski definition) is 0. The van der Waals surface area contributed by atoms with E-state index in [0.29, 0.717) is 0 Å². The van der Waals surface area contributed by atoms with Crippen molar-refractivity contribution in [2.75, 3.05) is 0 Å². The second-order valence-corrected chi connectivity index (χ2v) is 11.1. The Balaban J connectivity index is 0.000000314. The van der Waals surface area contributed by atoms with Gasteiger partial charge in [-0.05, 0) is 90.8 Å². The van der Waals surface area contributed by atoms with Crippen molar-refractivity contribution in [2.24, 2.45) is 0 Å². The molecule has 0 fully saturated rings. The maximum absolute atomic E-state index is 2.34. The van der Waals surface area contributed by atoms with Crippen molar-refractivity contribution in [3.8, 4) is 22.3 Å². The summed E-state index contributed by atoms with van der Waals surface area (Å²) in [5, 5.41) is 10.4. The van der Waals surface area contributed by atoms with Crippen LogP contribution < -0.4 is 0 Å². The highest BCUT2D eigenvalue weighted by atomic mass is 14.2. The first-order chi connectivity index (χ1) is 24.7. The summed E-state index contributed by atoms with van der Waals surface area (Å²) in [6.07, 6.45) is 0. The zero-order valence-electron chi connectivity index (χ0n) is 32.0. The molecule has 0 atom stereocenters. The van der Waals surface area contributed by atoms with Gasteiger partial charge >= 0.3 is 0 Å². The first kappa shape index (κ1) is 39.2. The molecule has 0 heterocycles. The van der Waals surface area contributed by atoms with Crippen molar-refractivity contribution in [3.63, 3.8) is 0 Å². The number of fused-ring (bicyclic) bond motifs is 4. The van der Waals surface area contributed by atoms with Gasteiger partial charge in [0, 0.05) is 0 Å². The average molecular weight is 657 g/mol. The largest absolute Gasteiger partial charge is 0.0683 e. The minimum Gasteiger partial charge on any atom is -0.0683 e. The highest BCUT2D eigenvalue weighted by molar-refractivity contribution is 6.18. The summed E-state index contributed by atoms with van der Waals surface area (Å²) in [6.45, 7) is 20.4. The van der Waals surface area contributed by atoms with Crippen molar-refractivity contribution in [2.45, 2.75) is 69.2 Å². The third-order valence-electron chi connectivity index (χ3n) is 8.30. The number of aryl methyl sites for hydroxylation is 2. The van der Waals surface area contributed by atoms with Crippen LogP contribution in [-0.2, 0) is 0 Å². The smallest absolute Gasteiger partial charge is 0.00205 e. The molecule has 0 saturated heterocycles. The Kier molecular flexibility index (Phi) is 16.0. The quantitative estimate of drug-likeness (QED) is 0.162. The lowest BCUT2D eigenvalue weighted by Gasteiger charge is -2.17. The lowest BCUT2D eigenvalue weighted by Crippen LogP contribution is -1.90. The van der Waals surface area contributed by atoms with E-state index in [1.165, 1.54) is 76.5 Å². The Morgan fingerprint density at radius 2 is 0.740 bits per heavy atom. The van der Waals surface area contributed by atoms with E-state index in [2.05, 4.69) is 172 Å². The molecular formula is C50H56. The van der Waals surface area contributed by atoms with Gasteiger partial charge in [0.15, 0.2) is 0 Å². The van der Waals surface area contributed by atoms with E-state index in [4.69, 9.17) is 0 Å². The molecule has 50 heavy (non-hydrogen) atoms. The van der Waals surface area contributed by atoms with Gasteiger partial charge in [0.25, 0.3) is 0 Å². The normalized spacial score (nSPS) is 9.80. The van der Waals surface area contributed by atoms with Gasteiger partial charge in [-0.25, -0.2) is 0 Å². The molecule has 0 aromatic heterocycles. The highest BCUT2D eigenvalue weighted by Crippen LogP contribution is 2.42. The summed E-state index contributed by atoms with van der Waals surface area (Å²) in [5.74, 6) is 0. The molecule has 8 aromatic rings. The Bertz CT molecular complexity index is 2150. The van der Waals surface area contributed by atoms with E-state index in [1.54, 1.807) is 0 Å². The molecule has 0 N–H and O–H groups in total. The molecule has 0 spiro atoms. The summed E-state index contributed by atoms with van der Waals surface area (Å²) in [7, 11) is 0. The summed E-state index contributed by atoms with van der Waals surface area (Å²) >= 11 is 0. The maximum atomic E-state index is 2.34. The van der Waals surface area contributed by atoms with Crippen LogP contribution in [0.5, 0.6) is 0 Å². The maximum Gasteiger partial charge on any atom is -0.00205 e. The molecule has 0 nitrogen and oxygen atoms in total. The van der Waals surface area contributed by atoms with Crippen LogP contribution in [0, 0.1) is 13.8 Å². The van der Waals surface area contributed by atoms with Crippen LogP contribution in [0.15, 0.2) is 158 Å². The summed E-state index contributed by atoms with van der Waals surface area (Å²) in [4.78, 5) is 0. The molecular weight excluding hydrogens is 601 g/mol. The van der Waals surface area contributed by atoms with E-state index in [9.17, 15) is 0 Å². The number of rotatable bonds is 2. The molecule has 0 saturated carbocycles. The van der Waals surface area contributed by atoms with Crippen molar-refractivity contribution in [1.82, 2.24) is 0 Å². The predicted octanol–water partition coefficient (Wildman–Crippen LogP) is 16.0. The fourth-order valence-corrected chi connectivity index (χ4v) is 6.25. The fraction of sp³-hybridized carbons (Fsp3) is 0.200. The molecule has 0 amide bonds. The minimum absolute atomic E-state index is 1.27. The summed E-state index contributed by atoms with van der Waals surface area (Å²) in [5.41, 5.74) is 7.78. The molecule has 0 aliphatic rings. The van der Waals surface area contributed by atoms with Gasteiger partial charge in [0.05, 0.1) is 0 Å². The predicted molar refractivity (Wildman–Crippen MR) is 229 cm³/mol. The lowest BCUT2D eigenvalue weighted by molar-refractivity contribution is 1.47. The number of hydrogen-bond donors (Lipinski definition) is 0. The van der Waals surface area contributed by atoms with Crippen LogP contribution in [0.3, 0.4) is 0 Å². The van der Waals surface area contributed by atoms with Crippen LogP contribution in [0.4, 0.5) is 0 Å². The Labute approximate surface area is 302 Å². The molecule has 8 aromatic carbocycles. The second-order valence-electron chi connectivity index (χ2n) is 11.1. The topological polar surface area (TPSA) is 0 Å². The zero-order valence-corrected chi connectivity index (χ0v) is 32.0. The summed E-state index contributed by atoms with van der Waals surface area (Å²) in [6, 6.07) is 56.7. The van der Waals surface area contributed by atoms with Gasteiger partial charge in [-0.2, -0.15) is 0 Å². The lowest BCUT2D eigenvalue weighted by atomic mass is 9.86. The van der Waals surface area contributed by atoms with E-state index in [0.717, 1.165) is 0 Å². The van der Waals surface area contributed by atoms with Crippen LogP contribution in [0.1, 0.15) is 66.5 Å². The third kappa shape index (κ3) is 8.87. The van der Waals surface area contributed by atoms with Crippen molar-refractivity contribution in [3.05, 3.63) is 169 Å². The molecule has 0 unspecified atom stereocenters. The van der Waals surface area contributed by atoms with E-state index in [1.807, 2.05) is 55.4 Å². The van der Waals surface area contributed by atoms with Crippen LogP contribution in [0.25, 0.3) is 65.3 Å². The molecule has 256 valence electrons. The van der Waals surface area contributed by atoms with Gasteiger partial charge in [0.2, 0.25) is 0 Å². The summed E-state index contributed by atoms with van der Waals surface area (Å²) < 4.78 is 0. The molecule has 0 heteroatoms. The van der Waals surface area contributed by atoms with Crippen molar-refractivity contribution >= 4 is 43.1 Å². The van der Waals surface area contributed by atoms with Gasteiger partial charge in [-0.1, -0.05) is 213 Å². The van der Waals surface area contributed by atoms with Gasteiger partial charge in [0.1, 0.15) is 0 Å². The first-order valence-electron chi connectivity index (χ1n) is 18.6. The standard InChI is InChI=1S/C32H24.C10H8.4C2H6/c1-21-9-7-12-23(19-21)25-17-18-30(28-15-6-5-14-27(25)28)32-26-13-4-3-11-24(26)20-31-22(2)10-8-16-29(31)32;1-2-6-10-8-4-3-7-9(10)5-1;4*1-2/h3-20H,1-2H3;1-8H;4*1-2H3. The van der Waals surface area contributed by atoms with Crippen molar-refractivity contribution in [1.29, 1.82) is 0 Å². The van der Waals surface area contributed by atoms with Gasteiger partial charge in [-0.3, -0.25) is 0 Å². The third-order valence-corrected chi connectivity index (χ3v) is 8.30. The fourth-order valence-electron chi connectivity index (χ4n) is 6.25. The average Bonchev–Trinajstić information content (AvgIpc) is 3.20. The molecule has 0 aliphatic heterocycles. The van der Waals surface area contributed by atoms with Crippen LogP contribution >= 0.6 is 0 Å². The zero-order chi connectivity index (χ0) is 36.5. The molecule has 0 radical (unpaired) electrons. The Morgan fingerprint density at radius 3 is 1.30 bits per heavy atom. The van der Waals surface area contributed by atoms with E-state index < -0.39 is 0 Å². The highest BCUT2D eigenvalue weighted by Gasteiger charge is 2.15. The van der Waals surface area contributed by atoms with Crippen LogP contribution in [0.2, 0.25) is 0 Å². The molecule has 0 aliphatic carbocycles. The minimum atomic E-state index is 1.27. The second kappa shape index (κ2) is 20.3. The monoisotopic (exact) mass is 656 g/mol. The van der Waals surface area contributed by atoms with Gasteiger partial charge < -0.3 is 0 Å². The Hall–Kier alpha value is -5.20. The van der Waals surface area contributed by atoms with Crippen LogP contribution in [-0.4, -0.2) is 0 Å². The van der Waals surface area contributed by atoms with E-state index >= 15 is 0 Å². The van der Waals surface area contributed by atoms with E-state index in [-0.39, 0.29) is 0 Å². The Morgan fingerprint density at radius 1 is 0.300 bits per heavy atom. The van der Waals surface area contributed by atoms with Crippen molar-refractivity contribution < 1.29 is 0 Å². The number of benzene rings is 8.